The molecule has 1 unspecified atom stereocenters. The zero-order chi connectivity index (χ0) is 25.9. The number of hydrogen-bond donors (Lipinski definition) is 2. The van der Waals surface area contributed by atoms with Gasteiger partial charge in [0, 0.05) is 24.7 Å². The average molecular weight is 496 g/mol. The molecule has 1 atom stereocenters. The fraction of sp³-hybridized carbons (Fsp3) is 0.143. The van der Waals surface area contributed by atoms with Gasteiger partial charge in [0.25, 0.3) is 17.4 Å². The summed E-state index contributed by atoms with van der Waals surface area (Å²) in [7, 11) is 1.76. The molecular formula is C28H25N5O4. The van der Waals surface area contributed by atoms with Crippen molar-refractivity contribution in [1.29, 1.82) is 0 Å². The van der Waals surface area contributed by atoms with Crippen LogP contribution in [-0.4, -0.2) is 33.0 Å². The monoisotopic (exact) mass is 495 g/mol. The van der Waals surface area contributed by atoms with Crippen molar-refractivity contribution in [3.05, 3.63) is 112 Å². The van der Waals surface area contributed by atoms with Gasteiger partial charge in [-0.2, -0.15) is 0 Å². The Morgan fingerprint density at radius 2 is 1.65 bits per heavy atom. The first-order valence-corrected chi connectivity index (χ1v) is 11.8. The number of carbonyl (C=O) groups is 2. The minimum Gasteiger partial charge on any atom is -0.382 e. The van der Waals surface area contributed by atoms with Crippen LogP contribution >= 0.6 is 0 Å². The van der Waals surface area contributed by atoms with Crippen LogP contribution in [-0.2, 0) is 16.7 Å². The van der Waals surface area contributed by atoms with Gasteiger partial charge in [0.1, 0.15) is 5.69 Å². The Bertz CT molecular complexity index is 1550. The number of rotatable bonds is 6. The largest absolute Gasteiger partial charge is 0.382 e. The molecule has 186 valence electrons. The third kappa shape index (κ3) is 4.79. The van der Waals surface area contributed by atoms with Crippen molar-refractivity contribution >= 4 is 28.9 Å². The number of benzene rings is 3. The zero-order valence-electron chi connectivity index (χ0n) is 20.3. The third-order valence-electron chi connectivity index (χ3n) is 6.25. The molecule has 0 radical (unpaired) electrons. The summed E-state index contributed by atoms with van der Waals surface area (Å²) in [5, 5.41) is 9.57. The number of nitrogens with one attached hydrogen (secondary N) is 2. The van der Waals surface area contributed by atoms with Crippen LogP contribution in [0.25, 0.3) is 5.69 Å². The summed E-state index contributed by atoms with van der Waals surface area (Å²) in [6, 6.07) is 25.2. The number of oxime groups is 1. The van der Waals surface area contributed by atoms with Crippen molar-refractivity contribution in [2.45, 2.75) is 19.4 Å². The first-order valence-electron chi connectivity index (χ1n) is 11.8. The molecule has 2 N–H and O–H groups in total. The molecule has 9 nitrogen and oxygen atoms in total. The molecule has 1 aromatic heterocycles. The second-order valence-electron chi connectivity index (χ2n) is 8.66. The van der Waals surface area contributed by atoms with E-state index in [2.05, 4.69) is 15.8 Å². The summed E-state index contributed by atoms with van der Waals surface area (Å²) >= 11 is 0. The van der Waals surface area contributed by atoms with Gasteiger partial charge in [0.05, 0.1) is 17.1 Å². The Labute approximate surface area is 213 Å². The van der Waals surface area contributed by atoms with Gasteiger partial charge in [-0.3, -0.25) is 19.1 Å². The van der Waals surface area contributed by atoms with E-state index in [4.69, 9.17) is 4.84 Å². The van der Waals surface area contributed by atoms with Gasteiger partial charge < -0.3 is 15.5 Å². The fourth-order valence-electron chi connectivity index (χ4n) is 4.18. The molecule has 0 bridgehead atoms. The minimum atomic E-state index is -0.767. The molecule has 0 spiro atoms. The summed E-state index contributed by atoms with van der Waals surface area (Å²) in [4.78, 5) is 44.3. The third-order valence-corrected chi connectivity index (χ3v) is 6.25. The van der Waals surface area contributed by atoms with Crippen LogP contribution < -0.4 is 16.2 Å². The number of amides is 2. The van der Waals surface area contributed by atoms with Crippen molar-refractivity contribution in [2.24, 2.45) is 12.2 Å². The quantitative estimate of drug-likeness (QED) is 0.424. The van der Waals surface area contributed by atoms with Crippen molar-refractivity contribution in [3.8, 4) is 5.69 Å². The highest BCUT2D eigenvalue weighted by Crippen LogP contribution is 2.20. The number of hydrogen-bond acceptors (Lipinski definition) is 5. The topological polar surface area (TPSA) is 107 Å². The van der Waals surface area contributed by atoms with Gasteiger partial charge in [-0.15, -0.1) is 0 Å². The average Bonchev–Trinajstić information content (AvgIpc) is 3.50. The number of carbonyl (C=O) groups excluding carboxylic acids is 2. The Balaban J connectivity index is 1.28. The SMILES string of the molecule is Cc1c(NC(=O)c2cccc(NC(=O)C3CC(c4ccccc4)=NO3)c2)c(=O)n(-c2ccccc2)n1C. The highest BCUT2D eigenvalue weighted by Gasteiger charge is 2.29. The van der Waals surface area contributed by atoms with E-state index in [1.165, 1.54) is 4.68 Å². The normalized spacial score (nSPS) is 14.5. The molecule has 1 aliphatic heterocycles. The Morgan fingerprint density at radius 1 is 0.946 bits per heavy atom. The van der Waals surface area contributed by atoms with Crippen LogP contribution in [0.5, 0.6) is 0 Å². The van der Waals surface area contributed by atoms with Crippen LogP contribution in [0.1, 0.15) is 28.0 Å². The molecular weight excluding hydrogens is 470 g/mol. The molecule has 3 aromatic carbocycles. The summed E-state index contributed by atoms with van der Waals surface area (Å²) in [6.45, 7) is 1.76. The standard InChI is InChI=1S/C28H25N5O4/c1-18-25(28(36)33(32(18)2)22-14-7-4-8-15-22)30-26(34)20-12-9-13-21(16-20)29-27(35)24-17-23(31-37-24)19-10-5-3-6-11-19/h3-16,24H,17H2,1-2H3,(H,29,35)(H,30,34). The van der Waals surface area contributed by atoms with Gasteiger partial charge in [0.15, 0.2) is 0 Å². The number of nitrogens with zero attached hydrogens (tertiary/aromatic N) is 3. The molecule has 2 amide bonds. The molecule has 9 heteroatoms. The molecule has 0 saturated carbocycles. The number of anilines is 2. The maximum atomic E-state index is 13.1. The molecule has 2 heterocycles. The van der Waals surface area contributed by atoms with E-state index in [9.17, 15) is 14.4 Å². The lowest BCUT2D eigenvalue weighted by molar-refractivity contribution is -0.125. The van der Waals surface area contributed by atoms with E-state index < -0.39 is 12.0 Å². The van der Waals surface area contributed by atoms with Crippen LogP contribution in [0.15, 0.2) is 94.9 Å². The Morgan fingerprint density at radius 3 is 2.38 bits per heavy atom. The highest BCUT2D eigenvalue weighted by molar-refractivity contribution is 6.07. The molecule has 0 aliphatic carbocycles. The van der Waals surface area contributed by atoms with Crippen molar-refractivity contribution < 1.29 is 14.4 Å². The molecule has 37 heavy (non-hydrogen) atoms. The van der Waals surface area contributed by atoms with E-state index >= 15 is 0 Å². The molecule has 5 rings (SSSR count). The van der Waals surface area contributed by atoms with Crippen molar-refractivity contribution in [3.63, 3.8) is 0 Å². The Kier molecular flexibility index (Phi) is 6.42. The molecule has 0 saturated heterocycles. The van der Waals surface area contributed by atoms with E-state index in [-0.39, 0.29) is 17.2 Å². The fourth-order valence-corrected chi connectivity index (χ4v) is 4.18. The van der Waals surface area contributed by atoms with Gasteiger partial charge in [-0.25, -0.2) is 4.68 Å². The number of para-hydroxylation sites is 1. The summed E-state index contributed by atoms with van der Waals surface area (Å²) in [5.74, 6) is -0.828. The lowest BCUT2D eigenvalue weighted by Crippen LogP contribution is -2.28. The maximum Gasteiger partial charge on any atom is 0.295 e. The van der Waals surface area contributed by atoms with E-state index in [1.807, 2.05) is 60.7 Å². The molecule has 0 fully saturated rings. The predicted octanol–water partition coefficient (Wildman–Crippen LogP) is 3.87. The highest BCUT2D eigenvalue weighted by atomic mass is 16.6. The van der Waals surface area contributed by atoms with Crippen LogP contribution in [0.2, 0.25) is 0 Å². The molecule has 1 aliphatic rings. The maximum absolute atomic E-state index is 13.1. The molecule has 4 aromatic rings. The van der Waals surface area contributed by atoms with Crippen molar-refractivity contribution in [1.82, 2.24) is 9.36 Å². The van der Waals surface area contributed by atoms with E-state index in [1.54, 1.807) is 42.9 Å². The smallest absolute Gasteiger partial charge is 0.295 e. The van der Waals surface area contributed by atoms with Crippen molar-refractivity contribution in [2.75, 3.05) is 10.6 Å². The summed E-state index contributed by atoms with van der Waals surface area (Å²) < 4.78 is 3.19. The second kappa shape index (κ2) is 9.98. The van der Waals surface area contributed by atoms with Crippen LogP contribution in [0.3, 0.4) is 0 Å². The summed E-state index contributed by atoms with van der Waals surface area (Å²) in [6.07, 6.45) is -0.423. The lowest BCUT2D eigenvalue weighted by atomic mass is 10.0. The van der Waals surface area contributed by atoms with Gasteiger partial charge in [0.2, 0.25) is 6.10 Å². The zero-order valence-corrected chi connectivity index (χ0v) is 20.3. The Hall–Kier alpha value is -4.92. The van der Waals surface area contributed by atoms with Crippen LogP contribution in [0.4, 0.5) is 11.4 Å². The van der Waals surface area contributed by atoms with Gasteiger partial charge in [-0.1, -0.05) is 59.8 Å². The van der Waals surface area contributed by atoms with Crippen LogP contribution in [0, 0.1) is 6.92 Å². The first-order chi connectivity index (χ1) is 17.9. The second-order valence-corrected chi connectivity index (χ2v) is 8.66. The van der Waals surface area contributed by atoms with Gasteiger partial charge >= 0.3 is 0 Å². The van der Waals surface area contributed by atoms with Gasteiger partial charge in [-0.05, 0) is 42.8 Å². The first kappa shape index (κ1) is 23.8. The lowest BCUT2D eigenvalue weighted by Gasteiger charge is -2.11. The number of aromatic nitrogens is 2. The summed E-state index contributed by atoms with van der Waals surface area (Å²) in [5.41, 5.74) is 3.48. The minimum absolute atomic E-state index is 0.190. The van der Waals surface area contributed by atoms with E-state index in [0.717, 1.165) is 5.56 Å². The predicted molar refractivity (Wildman–Crippen MR) is 141 cm³/mol. The van der Waals surface area contributed by atoms with E-state index in [0.29, 0.717) is 34.8 Å².